The molecule has 0 unspecified atom stereocenters. The molecule has 0 aliphatic carbocycles. The Balaban J connectivity index is 1.94. The molecule has 24 heavy (non-hydrogen) atoms. The van der Waals surface area contributed by atoms with Crippen molar-refractivity contribution in [2.75, 3.05) is 5.32 Å². The number of nitrogens with one attached hydrogen (secondary N) is 1. The fourth-order valence-corrected chi connectivity index (χ4v) is 2.34. The number of aromatic nitrogens is 3. The number of nitrogens with zero attached hydrogens (tertiary/aromatic N) is 3. The summed E-state index contributed by atoms with van der Waals surface area (Å²) in [6, 6.07) is 9.19. The van der Waals surface area contributed by atoms with Gasteiger partial charge in [0.05, 0.1) is 5.69 Å². The maximum absolute atomic E-state index is 12.9. The molecule has 1 N–H and O–H groups in total. The van der Waals surface area contributed by atoms with Gasteiger partial charge in [0.15, 0.2) is 5.65 Å². The minimum Gasteiger partial charge on any atom is -0.321 e. The van der Waals surface area contributed by atoms with Gasteiger partial charge in [0, 0.05) is 22.9 Å². The van der Waals surface area contributed by atoms with E-state index >= 15 is 0 Å². The van der Waals surface area contributed by atoms with Crippen LogP contribution in [0.4, 0.5) is 10.1 Å². The Hall–Kier alpha value is -2.76. The zero-order valence-electron chi connectivity index (χ0n) is 14.1. The average Bonchev–Trinajstić information content (AvgIpc) is 2.94. The van der Waals surface area contributed by atoms with Gasteiger partial charge in [-0.2, -0.15) is 5.10 Å². The van der Waals surface area contributed by atoms with Crippen LogP contribution in [0.15, 0.2) is 36.4 Å². The van der Waals surface area contributed by atoms with Gasteiger partial charge in [-0.25, -0.2) is 13.9 Å². The second kappa shape index (κ2) is 5.70. The molecule has 0 aliphatic heterocycles. The summed E-state index contributed by atoms with van der Waals surface area (Å²) in [5.41, 5.74) is 3.07. The molecule has 2 aromatic heterocycles. The lowest BCUT2D eigenvalue weighted by molar-refractivity contribution is 0.102. The highest BCUT2D eigenvalue weighted by Crippen LogP contribution is 2.22. The predicted molar refractivity (Wildman–Crippen MR) is 90.8 cm³/mol. The molecule has 1 amide bonds. The van der Waals surface area contributed by atoms with Crippen LogP contribution in [0.3, 0.4) is 0 Å². The molecule has 0 bridgehead atoms. The third-order valence-electron chi connectivity index (χ3n) is 3.71. The Morgan fingerprint density at radius 2 is 1.83 bits per heavy atom. The van der Waals surface area contributed by atoms with Crippen molar-refractivity contribution in [1.82, 2.24) is 14.6 Å². The lowest BCUT2D eigenvalue weighted by Crippen LogP contribution is -2.15. The van der Waals surface area contributed by atoms with E-state index in [-0.39, 0.29) is 17.1 Å². The van der Waals surface area contributed by atoms with Gasteiger partial charge in [0.25, 0.3) is 5.91 Å². The number of anilines is 1. The fraction of sp³-hybridized carbons (Fsp3) is 0.278. The maximum Gasteiger partial charge on any atom is 0.274 e. The summed E-state index contributed by atoms with van der Waals surface area (Å²) >= 11 is 0. The lowest BCUT2D eigenvalue weighted by atomic mass is 9.93. The third kappa shape index (κ3) is 3.13. The number of hydrogen-bond acceptors (Lipinski definition) is 3. The maximum atomic E-state index is 12.9. The first-order valence-corrected chi connectivity index (χ1v) is 7.69. The van der Waals surface area contributed by atoms with Gasteiger partial charge in [-0.3, -0.25) is 4.79 Å². The number of rotatable bonds is 2. The van der Waals surface area contributed by atoms with Gasteiger partial charge >= 0.3 is 0 Å². The van der Waals surface area contributed by atoms with Gasteiger partial charge in [-0.15, -0.1) is 0 Å². The van der Waals surface area contributed by atoms with E-state index in [9.17, 15) is 9.18 Å². The molecule has 3 rings (SSSR count). The Bertz CT molecular complexity index is 907. The monoisotopic (exact) mass is 326 g/mol. The quantitative estimate of drug-likeness (QED) is 0.780. The number of hydrogen-bond donors (Lipinski definition) is 1. The molecule has 0 radical (unpaired) electrons. The van der Waals surface area contributed by atoms with Crippen LogP contribution in [0.1, 0.15) is 42.6 Å². The molecule has 0 aliphatic rings. The molecule has 124 valence electrons. The molecule has 0 fully saturated rings. The van der Waals surface area contributed by atoms with Crippen molar-refractivity contribution in [3.05, 3.63) is 59.3 Å². The van der Waals surface area contributed by atoms with E-state index in [1.54, 1.807) is 10.6 Å². The predicted octanol–water partition coefficient (Wildman–Crippen LogP) is 3.73. The fourth-order valence-electron chi connectivity index (χ4n) is 2.34. The first-order valence-electron chi connectivity index (χ1n) is 7.69. The Morgan fingerprint density at radius 3 is 2.46 bits per heavy atom. The largest absolute Gasteiger partial charge is 0.321 e. The van der Waals surface area contributed by atoms with Crippen LogP contribution in [-0.4, -0.2) is 20.5 Å². The summed E-state index contributed by atoms with van der Waals surface area (Å²) in [6.45, 7) is 8.10. The van der Waals surface area contributed by atoms with E-state index in [0.29, 0.717) is 17.0 Å². The Morgan fingerprint density at radius 1 is 1.17 bits per heavy atom. The number of amides is 1. The first kappa shape index (κ1) is 16.1. The summed E-state index contributed by atoms with van der Waals surface area (Å²) in [6.07, 6.45) is 0. The molecule has 5 nitrogen and oxygen atoms in total. The molecule has 0 atom stereocenters. The van der Waals surface area contributed by atoms with Crippen molar-refractivity contribution in [2.45, 2.75) is 33.1 Å². The summed E-state index contributed by atoms with van der Waals surface area (Å²) in [7, 11) is 0. The second-order valence-electron chi connectivity index (χ2n) is 6.79. The van der Waals surface area contributed by atoms with Gasteiger partial charge in [0.1, 0.15) is 11.5 Å². The summed E-state index contributed by atoms with van der Waals surface area (Å²) in [5, 5.41) is 7.28. The molecule has 2 heterocycles. The lowest BCUT2D eigenvalue weighted by Gasteiger charge is -2.13. The van der Waals surface area contributed by atoms with Crippen molar-refractivity contribution in [3.8, 4) is 0 Å². The number of carbonyl (C=O) groups is 1. The third-order valence-corrected chi connectivity index (χ3v) is 3.71. The SMILES string of the molecule is Cc1cc(C(=O)Nc2ccc(F)cc2)nc2cc(C(C)(C)C)nn12. The summed E-state index contributed by atoms with van der Waals surface area (Å²) in [4.78, 5) is 16.8. The van der Waals surface area contributed by atoms with Crippen molar-refractivity contribution in [2.24, 2.45) is 0 Å². The molecule has 0 spiro atoms. The van der Waals surface area contributed by atoms with Crippen LogP contribution < -0.4 is 5.32 Å². The van der Waals surface area contributed by atoms with Crippen molar-refractivity contribution in [1.29, 1.82) is 0 Å². The molecular weight excluding hydrogens is 307 g/mol. The number of carbonyl (C=O) groups excluding carboxylic acids is 1. The molecule has 0 saturated carbocycles. The van der Waals surface area contributed by atoms with Crippen LogP contribution in [-0.2, 0) is 5.41 Å². The van der Waals surface area contributed by atoms with Gasteiger partial charge in [-0.1, -0.05) is 20.8 Å². The number of benzene rings is 1. The smallest absolute Gasteiger partial charge is 0.274 e. The summed E-state index contributed by atoms with van der Waals surface area (Å²) in [5.74, 6) is -0.692. The van der Waals surface area contributed by atoms with E-state index in [4.69, 9.17) is 0 Å². The zero-order valence-corrected chi connectivity index (χ0v) is 14.1. The number of halogens is 1. The van der Waals surface area contributed by atoms with Crippen molar-refractivity contribution < 1.29 is 9.18 Å². The highest BCUT2D eigenvalue weighted by Gasteiger charge is 2.20. The highest BCUT2D eigenvalue weighted by atomic mass is 19.1. The van der Waals surface area contributed by atoms with Crippen LogP contribution in [0.2, 0.25) is 0 Å². The zero-order chi connectivity index (χ0) is 17.5. The highest BCUT2D eigenvalue weighted by molar-refractivity contribution is 6.03. The molecule has 6 heteroatoms. The molecule has 1 aromatic carbocycles. The van der Waals surface area contributed by atoms with E-state index in [1.165, 1.54) is 24.3 Å². The van der Waals surface area contributed by atoms with Gasteiger partial charge in [0.2, 0.25) is 0 Å². The van der Waals surface area contributed by atoms with E-state index < -0.39 is 0 Å². The van der Waals surface area contributed by atoms with Crippen LogP contribution in [0, 0.1) is 12.7 Å². The van der Waals surface area contributed by atoms with E-state index in [1.807, 2.05) is 13.0 Å². The minimum absolute atomic E-state index is 0.101. The van der Waals surface area contributed by atoms with E-state index in [2.05, 4.69) is 36.2 Å². The first-order chi connectivity index (χ1) is 11.2. The molecule has 3 aromatic rings. The Kier molecular flexibility index (Phi) is 3.83. The minimum atomic E-state index is -0.350. The number of fused-ring (bicyclic) bond motifs is 1. The molecular formula is C18H19FN4O. The van der Waals surface area contributed by atoms with Crippen LogP contribution in [0.25, 0.3) is 5.65 Å². The Labute approximate surface area is 139 Å². The van der Waals surface area contributed by atoms with Crippen LogP contribution >= 0.6 is 0 Å². The summed E-state index contributed by atoms with van der Waals surface area (Å²) < 4.78 is 14.7. The standard InChI is InChI=1S/C18H19FN4O/c1-11-9-14(17(24)20-13-7-5-12(19)6-8-13)21-16-10-15(18(2,3)4)22-23(11)16/h5-10H,1-4H3,(H,20,24). The average molecular weight is 326 g/mol. The normalized spacial score (nSPS) is 11.7. The van der Waals surface area contributed by atoms with Crippen molar-refractivity contribution in [3.63, 3.8) is 0 Å². The van der Waals surface area contributed by atoms with Crippen LogP contribution in [0.5, 0.6) is 0 Å². The molecule has 0 saturated heterocycles. The van der Waals surface area contributed by atoms with Crippen molar-refractivity contribution >= 4 is 17.2 Å². The topological polar surface area (TPSA) is 59.3 Å². The van der Waals surface area contributed by atoms with Gasteiger partial charge < -0.3 is 5.32 Å². The number of aryl methyl sites for hydroxylation is 1. The van der Waals surface area contributed by atoms with Gasteiger partial charge in [-0.05, 0) is 37.3 Å². The van der Waals surface area contributed by atoms with E-state index in [0.717, 1.165) is 11.4 Å². The second-order valence-corrected chi connectivity index (χ2v) is 6.79.